The van der Waals surface area contributed by atoms with Crippen LogP contribution in [0.15, 0.2) is 24.5 Å². The van der Waals surface area contributed by atoms with Crippen molar-refractivity contribution in [3.63, 3.8) is 0 Å². The molecule has 2 rings (SSSR count). The van der Waals surface area contributed by atoms with E-state index in [1.807, 2.05) is 24.1 Å². The summed E-state index contributed by atoms with van der Waals surface area (Å²) in [6.07, 6.45) is 6.41. The van der Waals surface area contributed by atoms with Gasteiger partial charge in [0.05, 0.1) is 5.54 Å². The van der Waals surface area contributed by atoms with Gasteiger partial charge in [-0.15, -0.1) is 0 Å². The third-order valence-electron chi connectivity index (χ3n) is 3.77. The lowest BCUT2D eigenvalue weighted by Gasteiger charge is -2.31. The molecule has 98 valence electrons. The Kier molecular flexibility index (Phi) is 3.97. The number of aromatic nitrogens is 1. The van der Waals surface area contributed by atoms with Gasteiger partial charge in [0.1, 0.15) is 0 Å². The van der Waals surface area contributed by atoms with Crippen molar-refractivity contribution in [3.05, 3.63) is 30.1 Å². The van der Waals surface area contributed by atoms with E-state index >= 15 is 0 Å². The molecule has 1 aliphatic rings. The number of carbonyl (C=O) groups is 1. The molecule has 1 N–H and O–H groups in total. The van der Waals surface area contributed by atoms with Crippen LogP contribution in [0.3, 0.4) is 0 Å². The molecule has 1 aliphatic heterocycles. The lowest BCUT2D eigenvalue weighted by atomic mass is 9.92. The third kappa shape index (κ3) is 2.53. The Balaban J connectivity index is 2.04. The maximum atomic E-state index is 12.6. The number of likely N-dealkylation sites (N-methyl/N-ethyl adjacent to an activating group) is 1. The molecule has 1 aromatic rings. The zero-order valence-electron chi connectivity index (χ0n) is 11.1. The molecular weight excluding hydrogens is 226 g/mol. The molecule has 0 bridgehead atoms. The SMILES string of the molecule is CCC1(C(=O)N(C)Cc2ccncc2)CCCN1. The van der Waals surface area contributed by atoms with E-state index in [1.54, 1.807) is 12.4 Å². The van der Waals surface area contributed by atoms with Crippen molar-refractivity contribution >= 4 is 5.91 Å². The molecule has 4 heteroatoms. The van der Waals surface area contributed by atoms with Gasteiger partial charge >= 0.3 is 0 Å². The van der Waals surface area contributed by atoms with Crippen molar-refractivity contribution in [2.75, 3.05) is 13.6 Å². The Bertz CT molecular complexity index is 399. The average molecular weight is 247 g/mol. The zero-order valence-corrected chi connectivity index (χ0v) is 11.1. The minimum atomic E-state index is -0.332. The number of carbonyl (C=O) groups excluding carboxylic acids is 1. The highest BCUT2D eigenvalue weighted by molar-refractivity contribution is 5.86. The molecule has 0 spiro atoms. The average Bonchev–Trinajstić information content (AvgIpc) is 2.89. The van der Waals surface area contributed by atoms with E-state index in [0.717, 1.165) is 31.4 Å². The van der Waals surface area contributed by atoms with Crippen molar-refractivity contribution in [2.45, 2.75) is 38.3 Å². The predicted octanol–water partition coefficient (Wildman–Crippen LogP) is 1.57. The minimum Gasteiger partial charge on any atom is -0.340 e. The molecule has 0 aliphatic carbocycles. The summed E-state index contributed by atoms with van der Waals surface area (Å²) >= 11 is 0. The number of nitrogens with zero attached hydrogens (tertiary/aromatic N) is 2. The summed E-state index contributed by atoms with van der Waals surface area (Å²) < 4.78 is 0. The summed E-state index contributed by atoms with van der Waals surface area (Å²) in [6.45, 7) is 3.67. The Labute approximate surface area is 108 Å². The smallest absolute Gasteiger partial charge is 0.242 e. The Morgan fingerprint density at radius 1 is 1.50 bits per heavy atom. The van der Waals surface area contributed by atoms with E-state index in [4.69, 9.17) is 0 Å². The lowest BCUT2D eigenvalue weighted by Crippen LogP contribution is -2.53. The fourth-order valence-electron chi connectivity index (χ4n) is 2.64. The summed E-state index contributed by atoms with van der Waals surface area (Å²) in [4.78, 5) is 18.4. The first kappa shape index (κ1) is 13.0. The van der Waals surface area contributed by atoms with Crippen molar-refractivity contribution in [3.8, 4) is 0 Å². The van der Waals surface area contributed by atoms with Crippen molar-refractivity contribution in [1.82, 2.24) is 15.2 Å². The van der Waals surface area contributed by atoms with E-state index in [-0.39, 0.29) is 11.4 Å². The van der Waals surface area contributed by atoms with Crippen LogP contribution in [0.2, 0.25) is 0 Å². The van der Waals surface area contributed by atoms with Crippen LogP contribution in [-0.2, 0) is 11.3 Å². The molecule has 1 unspecified atom stereocenters. The molecule has 0 aromatic carbocycles. The van der Waals surface area contributed by atoms with Crippen LogP contribution in [0.1, 0.15) is 31.7 Å². The van der Waals surface area contributed by atoms with Gasteiger partial charge in [-0.05, 0) is 43.5 Å². The van der Waals surface area contributed by atoms with Crippen LogP contribution in [0, 0.1) is 0 Å². The molecule has 4 nitrogen and oxygen atoms in total. The van der Waals surface area contributed by atoms with Crippen LogP contribution < -0.4 is 5.32 Å². The van der Waals surface area contributed by atoms with Gasteiger partial charge in [-0.3, -0.25) is 9.78 Å². The monoisotopic (exact) mass is 247 g/mol. The van der Waals surface area contributed by atoms with Crippen LogP contribution in [0.5, 0.6) is 0 Å². The highest BCUT2D eigenvalue weighted by Gasteiger charge is 2.40. The second-order valence-electron chi connectivity index (χ2n) is 4.98. The molecule has 0 radical (unpaired) electrons. The number of pyridine rings is 1. The number of hydrogen-bond donors (Lipinski definition) is 1. The van der Waals surface area contributed by atoms with Crippen LogP contribution in [0.25, 0.3) is 0 Å². The maximum Gasteiger partial charge on any atom is 0.242 e. The molecule has 1 aromatic heterocycles. The Morgan fingerprint density at radius 2 is 2.22 bits per heavy atom. The fraction of sp³-hybridized carbons (Fsp3) is 0.571. The molecule has 0 saturated carbocycles. The molecule has 1 saturated heterocycles. The van der Waals surface area contributed by atoms with Crippen molar-refractivity contribution in [2.24, 2.45) is 0 Å². The van der Waals surface area contributed by atoms with Gasteiger partial charge in [-0.2, -0.15) is 0 Å². The summed E-state index contributed by atoms with van der Waals surface area (Å²) in [6, 6.07) is 3.90. The fourth-order valence-corrected chi connectivity index (χ4v) is 2.64. The standard InChI is InChI=1S/C14H21N3O/c1-3-14(7-4-8-16-14)13(18)17(2)11-12-5-9-15-10-6-12/h5-6,9-10,16H,3-4,7-8,11H2,1-2H3. The van der Waals surface area contributed by atoms with Crippen molar-refractivity contribution < 1.29 is 4.79 Å². The van der Waals surface area contributed by atoms with Gasteiger partial charge in [0.25, 0.3) is 0 Å². The topological polar surface area (TPSA) is 45.2 Å². The first-order chi connectivity index (χ1) is 8.68. The summed E-state index contributed by atoms with van der Waals surface area (Å²) in [5.41, 5.74) is 0.784. The van der Waals surface area contributed by atoms with Crippen LogP contribution in [-0.4, -0.2) is 34.9 Å². The summed E-state index contributed by atoms with van der Waals surface area (Å²) in [7, 11) is 1.88. The summed E-state index contributed by atoms with van der Waals surface area (Å²) in [5, 5.41) is 3.38. The number of amides is 1. The highest BCUT2D eigenvalue weighted by Crippen LogP contribution is 2.25. The third-order valence-corrected chi connectivity index (χ3v) is 3.77. The normalized spacial score (nSPS) is 23.0. The number of rotatable bonds is 4. The largest absolute Gasteiger partial charge is 0.340 e. The van der Waals surface area contributed by atoms with Gasteiger partial charge < -0.3 is 10.2 Å². The highest BCUT2D eigenvalue weighted by atomic mass is 16.2. The second-order valence-corrected chi connectivity index (χ2v) is 4.98. The Morgan fingerprint density at radius 3 is 2.78 bits per heavy atom. The molecule has 18 heavy (non-hydrogen) atoms. The van der Waals surface area contributed by atoms with Gasteiger partial charge in [0, 0.05) is 26.0 Å². The van der Waals surface area contributed by atoms with Gasteiger partial charge in [-0.25, -0.2) is 0 Å². The zero-order chi connectivity index (χ0) is 13.0. The van der Waals surface area contributed by atoms with E-state index < -0.39 is 0 Å². The quantitative estimate of drug-likeness (QED) is 0.878. The van der Waals surface area contributed by atoms with E-state index in [0.29, 0.717) is 6.54 Å². The molecule has 1 amide bonds. The van der Waals surface area contributed by atoms with Gasteiger partial charge in [0.2, 0.25) is 5.91 Å². The van der Waals surface area contributed by atoms with E-state index in [9.17, 15) is 4.79 Å². The van der Waals surface area contributed by atoms with E-state index in [1.165, 1.54) is 0 Å². The minimum absolute atomic E-state index is 0.208. The second kappa shape index (κ2) is 5.48. The molecular formula is C14H21N3O. The number of nitrogens with one attached hydrogen (secondary N) is 1. The molecule has 1 fully saturated rings. The first-order valence-electron chi connectivity index (χ1n) is 6.57. The van der Waals surface area contributed by atoms with E-state index in [2.05, 4.69) is 17.2 Å². The number of hydrogen-bond acceptors (Lipinski definition) is 3. The molecule has 1 atom stereocenters. The lowest BCUT2D eigenvalue weighted by molar-refractivity contribution is -0.137. The maximum absolute atomic E-state index is 12.6. The Hall–Kier alpha value is -1.42. The first-order valence-corrected chi connectivity index (χ1v) is 6.57. The van der Waals surface area contributed by atoms with Crippen LogP contribution >= 0.6 is 0 Å². The van der Waals surface area contributed by atoms with Gasteiger partial charge in [0.15, 0.2) is 0 Å². The molecule has 2 heterocycles. The summed E-state index contributed by atoms with van der Waals surface area (Å²) in [5.74, 6) is 0.208. The van der Waals surface area contributed by atoms with Gasteiger partial charge in [-0.1, -0.05) is 6.92 Å². The van der Waals surface area contributed by atoms with Crippen LogP contribution in [0.4, 0.5) is 0 Å². The van der Waals surface area contributed by atoms with Crippen molar-refractivity contribution in [1.29, 1.82) is 0 Å². The predicted molar refractivity (Wildman–Crippen MR) is 71.0 cm³/mol.